The van der Waals surface area contributed by atoms with Crippen LogP contribution in [0.15, 0.2) is 23.5 Å². The summed E-state index contributed by atoms with van der Waals surface area (Å²) in [5.74, 6) is -0.219. The van der Waals surface area contributed by atoms with Crippen LogP contribution in [-0.2, 0) is 19.1 Å². The van der Waals surface area contributed by atoms with Gasteiger partial charge in [-0.3, -0.25) is 9.59 Å². The van der Waals surface area contributed by atoms with E-state index in [1.54, 1.807) is 19.1 Å². The molecule has 1 aliphatic carbocycles. The van der Waals surface area contributed by atoms with Gasteiger partial charge in [0.1, 0.15) is 0 Å². The van der Waals surface area contributed by atoms with Crippen LogP contribution in [-0.4, -0.2) is 24.5 Å². The molecule has 1 aliphatic rings. The SMILES string of the molecule is C/C=C/C1(OC(C)=O)C(=O)C(C(C)C)=C1OC. The normalized spacial score (nSPS) is 24.2. The van der Waals surface area contributed by atoms with Gasteiger partial charge >= 0.3 is 5.97 Å². The largest absolute Gasteiger partial charge is 0.496 e. The molecule has 0 bridgehead atoms. The molecule has 4 heteroatoms. The average Bonchev–Trinajstić information content (AvgIpc) is 2.22. The minimum atomic E-state index is -1.34. The molecule has 0 aromatic rings. The lowest BCUT2D eigenvalue weighted by atomic mass is 9.72. The van der Waals surface area contributed by atoms with Gasteiger partial charge in [-0.05, 0) is 18.9 Å². The van der Waals surface area contributed by atoms with Crippen LogP contribution in [0, 0.1) is 5.92 Å². The smallest absolute Gasteiger partial charge is 0.304 e. The second-order valence-electron chi connectivity index (χ2n) is 4.26. The van der Waals surface area contributed by atoms with Crippen LogP contribution in [0.2, 0.25) is 0 Å². The Morgan fingerprint density at radius 2 is 2.00 bits per heavy atom. The number of methoxy groups -OCH3 is 1. The van der Waals surface area contributed by atoms with E-state index in [9.17, 15) is 9.59 Å². The zero-order valence-electron chi connectivity index (χ0n) is 10.9. The third-order valence-corrected chi connectivity index (χ3v) is 2.65. The molecule has 0 spiro atoms. The van der Waals surface area contributed by atoms with Crippen LogP contribution in [0.3, 0.4) is 0 Å². The summed E-state index contributed by atoms with van der Waals surface area (Å²) in [7, 11) is 1.48. The first-order chi connectivity index (χ1) is 7.90. The lowest BCUT2D eigenvalue weighted by Crippen LogP contribution is -2.54. The van der Waals surface area contributed by atoms with Crippen molar-refractivity contribution < 1.29 is 19.1 Å². The van der Waals surface area contributed by atoms with E-state index in [2.05, 4.69) is 0 Å². The molecule has 0 amide bonds. The maximum absolute atomic E-state index is 12.2. The predicted octanol–water partition coefficient (Wildman–Crippen LogP) is 2.00. The third-order valence-electron chi connectivity index (χ3n) is 2.65. The molecule has 0 N–H and O–H groups in total. The molecular formula is C13H18O4. The van der Waals surface area contributed by atoms with Gasteiger partial charge in [-0.1, -0.05) is 19.9 Å². The van der Waals surface area contributed by atoms with Gasteiger partial charge in [0.25, 0.3) is 0 Å². The maximum Gasteiger partial charge on any atom is 0.304 e. The molecule has 0 saturated carbocycles. The van der Waals surface area contributed by atoms with Crippen molar-refractivity contribution in [3.05, 3.63) is 23.5 Å². The summed E-state index contributed by atoms with van der Waals surface area (Å²) < 4.78 is 10.4. The highest BCUT2D eigenvalue weighted by Crippen LogP contribution is 2.43. The van der Waals surface area contributed by atoms with E-state index in [0.29, 0.717) is 11.3 Å². The summed E-state index contributed by atoms with van der Waals surface area (Å²) >= 11 is 0. The van der Waals surface area contributed by atoms with Crippen molar-refractivity contribution in [1.82, 2.24) is 0 Å². The van der Waals surface area contributed by atoms with Crippen LogP contribution >= 0.6 is 0 Å². The Morgan fingerprint density at radius 3 is 2.35 bits per heavy atom. The summed E-state index contributed by atoms with van der Waals surface area (Å²) in [6.45, 7) is 6.84. The number of Topliss-reactive ketones (excluding diaryl/α,β-unsaturated/α-hetero) is 1. The lowest BCUT2D eigenvalue weighted by molar-refractivity contribution is -0.162. The number of esters is 1. The zero-order valence-corrected chi connectivity index (χ0v) is 10.9. The summed E-state index contributed by atoms with van der Waals surface area (Å²) in [6.07, 6.45) is 3.23. The van der Waals surface area contributed by atoms with E-state index in [0.717, 1.165) is 0 Å². The molecular weight excluding hydrogens is 220 g/mol. The van der Waals surface area contributed by atoms with Gasteiger partial charge in [-0.2, -0.15) is 0 Å². The van der Waals surface area contributed by atoms with Gasteiger partial charge in [0, 0.05) is 12.5 Å². The highest BCUT2D eigenvalue weighted by molar-refractivity contribution is 6.14. The average molecular weight is 238 g/mol. The molecule has 4 nitrogen and oxygen atoms in total. The Bertz CT molecular complexity index is 404. The van der Waals surface area contributed by atoms with Crippen LogP contribution in [0.25, 0.3) is 0 Å². The molecule has 17 heavy (non-hydrogen) atoms. The Hall–Kier alpha value is -1.58. The molecule has 1 rings (SSSR count). The fourth-order valence-corrected chi connectivity index (χ4v) is 2.07. The van der Waals surface area contributed by atoms with Gasteiger partial charge in [0.2, 0.25) is 11.4 Å². The van der Waals surface area contributed by atoms with E-state index in [1.165, 1.54) is 14.0 Å². The monoisotopic (exact) mass is 238 g/mol. The summed E-state index contributed by atoms with van der Waals surface area (Å²) in [6, 6.07) is 0. The van der Waals surface area contributed by atoms with Crippen molar-refractivity contribution >= 4 is 11.8 Å². The Labute approximate surface area is 101 Å². The van der Waals surface area contributed by atoms with Crippen molar-refractivity contribution in [2.45, 2.75) is 33.3 Å². The number of carbonyl (C=O) groups excluding carboxylic acids is 2. The number of hydrogen-bond acceptors (Lipinski definition) is 4. The maximum atomic E-state index is 12.2. The number of allylic oxidation sites excluding steroid dienone is 1. The fraction of sp³-hybridized carbons (Fsp3) is 0.538. The quantitative estimate of drug-likeness (QED) is 0.555. The molecule has 0 fully saturated rings. The van der Waals surface area contributed by atoms with E-state index in [1.807, 2.05) is 13.8 Å². The number of hydrogen-bond donors (Lipinski definition) is 0. The topological polar surface area (TPSA) is 52.6 Å². The molecule has 1 unspecified atom stereocenters. The molecule has 0 radical (unpaired) electrons. The molecule has 1 atom stereocenters. The van der Waals surface area contributed by atoms with Gasteiger partial charge in [0.05, 0.1) is 7.11 Å². The molecule has 0 saturated heterocycles. The zero-order chi connectivity index (χ0) is 13.2. The minimum Gasteiger partial charge on any atom is -0.496 e. The van der Waals surface area contributed by atoms with Crippen LogP contribution < -0.4 is 0 Å². The number of rotatable bonds is 4. The molecule has 0 heterocycles. The number of carbonyl (C=O) groups is 2. The van der Waals surface area contributed by atoms with Crippen molar-refractivity contribution in [2.24, 2.45) is 5.92 Å². The number of ketones is 1. The van der Waals surface area contributed by atoms with Crippen molar-refractivity contribution in [3.63, 3.8) is 0 Å². The summed E-state index contributed by atoms with van der Waals surface area (Å²) in [5, 5.41) is 0. The second-order valence-corrected chi connectivity index (χ2v) is 4.26. The second kappa shape index (κ2) is 4.73. The Morgan fingerprint density at radius 1 is 1.41 bits per heavy atom. The van der Waals surface area contributed by atoms with E-state index >= 15 is 0 Å². The van der Waals surface area contributed by atoms with Crippen molar-refractivity contribution in [1.29, 1.82) is 0 Å². The minimum absolute atomic E-state index is 0.0476. The predicted molar refractivity (Wildman–Crippen MR) is 63.2 cm³/mol. The van der Waals surface area contributed by atoms with Gasteiger partial charge < -0.3 is 9.47 Å². The lowest BCUT2D eigenvalue weighted by Gasteiger charge is -2.40. The Kier molecular flexibility index (Phi) is 3.76. The first-order valence-corrected chi connectivity index (χ1v) is 5.57. The summed E-state index contributed by atoms with van der Waals surface area (Å²) in [4.78, 5) is 23.3. The van der Waals surface area contributed by atoms with E-state index in [4.69, 9.17) is 9.47 Å². The first-order valence-electron chi connectivity index (χ1n) is 5.57. The highest BCUT2D eigenvalue weighted by atomic mass is 16.6. The molecule has 94 valence electrons. The summed E-state index contributed by atoms with van der Waals surface area (Å²) in [5.41, 5.74) is -0.749. The fourth-order valence-electron chi connectivity index (χ4n) is 2.07. The standard InChI is InChI=1S/C13H18O4/c1-6-7-13(17-9(4)14)11(15)10(8(2)3)12(13)16-5/h6-8H,1-5H3/b7-6+. The van der Waals surface area contributed by atoms with Gasteiger partial charge in [0.15, 0.2) is 5.76 Å². The molecule has 0 aromatic carbocycles. The molecule has 0 aliphatic heterocycles. The third kappa shape index (κ3) is 1.99. The molecule has 0 aromatic heterocycles. The van der Waals surface area contributed by atoms with Crippen molar-refractivity contribution in [2.75, 3.05) is 7.11 Å². The van der Waals surface area contributed by atoms with Crippen molar-refractivity contribution in [3.8, 4) is 0 Å². The van der Waals surface area contributed by atoms with E-state index in [-0.39, 0.29) is 11.7 Å². The Balaban J connectivity index is 3.27. The van der Waals surface area contributed by atoms with Crippen LogP contribution in [0.4, 0.5) is 0 Å². The van der Waals surface area contributed by atoms with Crippen LogP contribution in [0.5, 0.6) is 0 Å². The van der Waals surface area contributed by atoms with Crippen LogP contribution in [0.1, 0.15) is 27.7 Å². The number of ether oxygens (including phenoxy) is 2. The van der Waals surface area contributed by atoms with Gasteiger partial charge in [-0.25, -0.2) is 0 Å². The highest BCUT2D eigenvalue weighted by Gasteiger charge is 2.57. The first kappa shape index (κ1) is 13.5. The van der Waals surface area contributed by atoms with Gasteiger partial charge in [-0.15, -0.1) is 0 Å². The van der Waals surface area contributed by atoms with E-state index < -0.39 is 11.6 Å².